The van der Waals surface area contributed by atoms with Crippen LogP contribution in [0.1, 0.15) is 49.1 Å². The van der Waals surface area contributed by atoms with Crippen molar-refractivity contribution in [2.24, 2.45) is 0 Å². The van der Waals surface area contributed by atoms with Gasteiger partial charge in [0, 0.05) is 30.7 Å². The van der Waals surface area contributed by atoms with Crippen molar-refractivity contribution in [1.82, 2.24) is 15.4 Å². The molecule has 3 rings (SSSR count). The molecule has 0 unspecified atom stereocenters. The van der Waals surface area contributed by atoms with Gasteiger partial charge in [0.1, 0.15) is 5.76 Å². The molecule has 1 saturated heterocycles. The summed E-state index contributed by atoms with van der Waals surface area (Å²) in [6.45, 7) is 7.16. The van der Waals surface area contributed by atoms with Crippen molar-refractivity contribution in [3.8, 4) is 0 Å². The van der Waals surface area contributed by atoms with Crippen molar-refractivity contribution in [3.63, 3.8) is 0 Å². The monoisotopic (exact) mass is 393 g/mol. The van der Waals surface area contributed by atoms with Crippen molar-refractivity contribution in [3.05, 3.63) is 17.0 Å². The highest BCUT2D eigenvalue weighted by atomic mass is 16.5. The van der Waals surface area contributed by atoms with Gasteiger partial charge in [0.25, 0.3) is 5.91 Å². The van der Waals surface area contributed by atoms with Crippen LogP contribution in [0, 0.1) is 13.8 Å². The Balaban J connectivity index is 1.47. The van der Waals surface area contributed by atoms with Crippen LogP contribution in [0.2, 0.25) is 0 Å². The first-order chi connectivity index (χ1) is 13.5. The van der Waals surface area contributed by atoms with E-state index in [4.69, 9.17) is 14.0 Å². The predicted octanol–water partition coefficient (Wildman–Crippen LogP) is 1.53. The molecule has 28 heavy (non-hydrogen) atoms. The van der Waals surface area contributed by atoms with Crippen LogP contribution in [0.5, 0.6) is 0 Å². The molecule has 1 N–H and O–H groups in total. The first kappa shape index (κ1) is 20.8. The maximum Gasteiger partial charge on any atom is 0.310 e. The minimum absolute atomic E-state index is 0.00160. The van der Waals surface area contributed by atoms with Gasteiger partial charge < -0.3 is 19.3 Å². The summed E-state index contributed by atoms with van der Waals surface area (Å²) < 4.78 is 15.7. The number of ether oxygens (including phenoxy) is 2. The van der Waals surface area contributed by atoms with Gasteiger partial charge in [-0.25, -0.2) is 0 Å². The molecular formula is C20H31N3O5. The predicted molar refractivity (Wildman–Crippen MR) is 102 cm³/mol. The van der Waals surface area contributed by atoms with E-state index >= 15 is 0 Å². The Morgan fingerprint density at radius 2 is 1.89 bits per heavy atom. The molecule has 8 nitrogen and oxygen atoms in total. The number of rotatable bonds is 7. The fraction of sp³-hybridized carbons (Fsp3) is 0.750. The van der Waals surface area contributed by atoms with Crippen molar-refractivity contribution >= 4 is 11.9 Å². The SMILES string of the molecule is Cc1noc(C)c1CC(=O)OCC(=O)NCC1(N2CCOCC2)CCCCC1. The maximum absolute atomic E-state index is 12.3. The van der Waals surface area contributed by atoms with Crippen molar-refractivity contribution in [2.75, 3.05) is 39.5 Å². The van der Waals surface area contributed by atoms with E-state index < -0.39 is 5.97 Å². The Bertz CT molecular complexity index is 656. The summed E-state index contributed by atoms with van der Waals surface area (Å²) in [4.78, 5) is 26.8. The Hall–Kier alpha value is -1.93. The smallest absolute Gasteiger partial charge is 0.310 e. The zero-order valence-corrected chi connectivity index (χ0v) is 16.9. The van der Waals surface area contributed by atoms with Crippen LogP contribution < -0.4 is 5.32 Å². The van der Waals surface area contributed by atoms with Crippen molar-refractivity contribution in [2.45, 2.75) is 57.9 Å². The first-order valence-electron chi connectivity index (χ1n) is 10.2. The third kappa shape index (κ3) is 5.11. The molecule has 1 saturated carbocycles. The van der Waals surface area contributed by atoms with Crippen LogP contribution >= 0.6 is 0 Å². The number of hydrogen-bond donors (Lipinski definition) is 1. The average Bonchev–Trinajstić information content (AvgIpc) is 3.04. The highest BCUT2D eigenvalue weighted by Crippen LogP contribution is 2.33. The molecule has 2 fully saturated rings. The van der Waals surface area contributed by atoms with Crippen molar-refractivity contribution in [1.29, 1.82) is 0 Å². The molecule has 0 radical (unpaired) electrons. The summed E-state index contributed by atoms with van der Waals surface area (Å²) in [6, 6.07) is 0. The molecule has 0 atom stereocenters. The number of carbonyl (C=O) groups is 2. The quantitative estimate of drug-likeness (QED) is 0.702. The van der Waals surface area contributed by atoms with E-state index in [-0.39, 0.29) is 24.5 Å². The van der Waals surface area contributed by atoms with Crippen LogP contribution in [0.3, 0.4) is 0 Å². The zero-order valence-electron chi connectivity index (χ0n) is 16.9. The Morgan fingerprint density at radius 3 is 2.54 bits per heavy atom. The summed E-state index contributed by atoms with van der Waals surface area (Å²) in [5.74, 6) is -0.112. The molecule has 1 aliphatic carbocycles. The van der Waals surface area contributed by atoms with Gasteiger partial charge in [-0.15, -0.1) is 0 Å². The molecule has 1 aromatic rings. The van der Waals surface area contributed by atoms with Crippen LogP contribution in [0.4, 0.5) is 0 Å². The standard InChI is InChI=1S/C20H31N3O5/c1-15-17(16(2)28-22-15)12-19(25)27-13-18(24)21-14-20(6-4-3-5-7-20)23-8-10-26-11-9-23/h3-14H2,1-2H3,(H,21,24). The molecule has 8 heteroatoms. The second-order valence-corrected chi connectivity index (χ2v) is 7.80. The second-order valence-electron chi connectivity index (χ2n) is 7.80. The summed E-state index contributed by atoms with van der Waals surface area (Å²) in [5, 5.41) is 6.82. The maximum atomic E-state index is 12.3. The molecule has 156 valence electrons. The lowest BCUT2D eigenvalue weighted by atomic mass is 9.79. The van der Waals surface area contributed by atoms with Gasteiger partial charge in [0.15, 0.2) is 6.61 Å². The number of esters is 1. The van der Waals surface area contributed by atoms with E-state index in [9.17, 15) is 9.59 Å². The van der Waals surface area contributed by atoms with Gasteiger partial charge in [0.05, 0.1) is 25.3 Å². The molecule has 0 aromatic carbocycles. The Morgan fingerprint density at radius 1 is 1.18 bits per heavy atom. The highest BCUT2D eigenvalue weighted by Gasteiger charge is 2.38. The molecule has 0 bridgehead atoms. The Kier molecular flexibility index (Phi) is 7.07. The minimum atomic E-state index is -0.454. The number of nitrogens with one attached hydrogen (secondary N) is 1. The van der Waals surface area contributed by atoms with Gasteiger partial charge in [0.2, 0.25) is 0 Å². The number of morpholine rings is 1. The van der Waals surface area contributed by atoms with Crippen LogP contribution in [0.15, 0.2) is 4.52 Å². The van der Waals surface area contributed by atoms with Gasteiger partial charge in [-0.2, -0.15) is 0 Å². The number of nitrogens with zero attached hydrogens (tertiary/aromatic N) is 2. The van der Waals surface area contributed by atoms with E-state index in [1.54, 1.807) is 13.8 Å². The van der Waals surface area contributed by atoms with Gasteiger partial charge in [-0.05, 0) is 26.7 Å². The summed E-state index contributed by atoms with van der Waals surface area (Å²) in [6.07, 6.45) is 5.84. The van der Waals surface area contributed by atoms with Crippen LogP contribution in [0.25, 0.3) is 0 Å². The first-order valence-corrected chi connectivity index (χ1v) is 10.2. The van der Waals surface area contributed by atoms with Gasteiger partial charge in [-0.3, -0.25) is 14.5 Å². The minimum Gasteiger partial charge on any atom is -0.455 e. The third-order valence-electron chi connectivity index (χ3n) is 5.95. The van der Waals surface area contributed by atoms with Gasteiger partial charge >= 0.3 is 5.97 Å². The molecule has 1 amide bonds. The van der Waals surface area contributed by atoms with E-state index in [0.29, 0.717) is 18.0 Å². The van der Waals surface area contributed by atoms with Crippen molar-refractivity contribution < 1.29 is 23.6 Å². The molecular weight excluding hydrogens is 362 g/mol. The lowest BCUT2D eigenvalue weighted by molar-refractivity contribution is -0.148. The second kappa shape index (κ2) is 9.52. The lowest BCUT2D eigenvalue weighted by Gasteiger charge is -2.48. The normalized spacial score (nSPS) is 19.9. The van der Waals surface area contributed by atoms with E-state index in [1.807, 2.05) is 0 Å². The number of aryl methyl sites for hydroxylation is 2. The van der Waals surface area contributed by atoms with E-state index in [1.165, 1.54) is 19.3 Å². The third-order valence-corrected chi connectivity index (χ3v) is 5.95. The molecule has 1 aliphatic heterocycles. The fourth-order valence-corrected chi connectivity index (χ4v) is 4.26. The lowest BCUT2D eigenvalue weighted by Crippen LogP contribution is -2.59. The fourth-order valence-electron chi connectivity index (χ4n) is 4.26. The number of amides is 1. The number of carbonyl (C=O) groups excluding carboxylic acids is 2. The van der Waals surface area contributed by atoms with E-state index in [2.05, 4.69) is 15.4 Å². The average molecular weight is 393 g/mol. The largest absolute Gasteiger partial charge is 0.455 e. The van der Waals surface area contributed by atoms with Crippen LogP contribution in [-0.2, 0) is 25.5 Å². The van der Waals surface area contributed by atoms with Crippen LogP contribution in [-0.4, -0.2) is 66.9 Å². The summed E-state index contributed by atoms with van der Waals surface area (Å²) in [7, 11) is 0. The molecule has 2 heterocycles. The number of aromatic nitrogens is 1. The highest BCUT2D eigenvalue weighted by molar-refractivity contribution is 5.81. The molecule has 1 aromatic heterocycles. The topological polar surface area (TPSA) is 93.9 Å². The van der Waals surface area contributed by atoms with E-state index in [0.717, 1.165) is 44.7 Å². The zero-order chi connectivity index (χ0) is 20.0. The summed E-state index contributed by atoms with van der Waals surface area (Å²) in [5.41, 5.74) is 1.39. The Labute approximate surface area is 165 Å². The molecule has 2 aliphatic rings. The molecule has 0 spiro atoms. The summed E-state index contributed by atoms with van der Waals surface area (Å²) >= 11 is 0. The number of hydrogen-bond acceptors (Lipinski definition) is 7. The van der Waals surface area contributed by atoms with Gasteiger partial charge in [-0.1, -0.05) is 24.4 Å².